The second-order valence-electron chi connectivity index (χ2n) is 6.81. The lowest BCUT2D eigenvalue weighted by Crippen LogP contribution is -2.31. The monoisotopic (exact) mass is 408 g/mol. The Balaban J connectivity index is 1.69. The van der Waals surface area contributed by atoms with Crippen molar-refractivity contribution in [3.63, 3.8) is 0 Å². The number of anilines is 2. The van der Waals surface area contributed by atoms with E-state index in [1.165, 1.54) is 32.0 Å². The molecular weight excluding hydrogens is 388 g/mol. The summed E-state index contributed by atoms with van der Waals surface area (Å²) in [5.41, 5.74) is 1.05. The van der Waals surface area contributed by atoms with Crippen LogP contribution < -0.4 is 10.2 Å². The van der Waals surface area contributed by atoms with Crippen molar-refractivity contribution in [3.05, 3.63) is 59.7 Å². The number of para-hydroxylation sites is 1. The number of nitrogens with one attached hydrogen (secondary N) is 1. The van der Waals surface area contributed by atoms with E-state index in [0.717, 1.165) is 4.90 Å². The van der Waals surface area contributed by atoms with Gasteiger partial charge in [0.25, 0.3) is 5.91 Å². The zero-order chi connectivity index (χ0) is 21.8. The maximum Gasteiger partial charge on any atom is 0.338 e. The Morgan fingerprint density at radius 3 is 2.33 bits per heavy atom. The molecular formula is C22H20N2O6. The van der Waals surface area contributed by atoms with E-state index in [9.17, 15) is 24.0 Å². The molecule has 3 amide bonds. The fraction of sp³-hybridized carbons (Fsp3) is 0.227. The molecule has 1 aliphatic rings. The van der Waals surface area contributed by atoms with E-state index in [2.05, 4.69) is 5.32 Å². The summed E-state index contributed by atoms with van der Waals surface area (Å²) in [4.78, 5) is 61.4. The number of carbonyl (C=O) groups excluding carboxylic acids is 5. The van der Waals surface area contributed by atoms with Gasteiger partial charge >= 0.3 is 5.97 Å². The van der Waals surface area contributed by atoms with E-state index in [-0.39, 0.29) is 41.7 Å². The first-order valence-electron chi connectivity index (χ1n) is 9.35. The number of Topliss-reactive ketones (excluding diaryl/α,β-unsaturated/α-hetero) is 1. The van der Waals surface area contributed by atoms with Crippen LogP contribution in [-0.4, -0.2) is 35.6 Å². The molecule has 1 heterocycles. The maximum absolute atomic E-state index is 12.5. The van der Waals surface area contributed by atoms with Crippen LogP contribution in [0.15, 0.2) is 48.5 Å². The summed E-state index contributed by atoms with van der Waals surface area (Å²) >= 11 is 0. The highest BCUT2D eigenvalue weighted by molar-refractivity contribution is 6.20. The molecule has 0 spiro atoms. The lowest BCUT2D eigenvalue weighted by atomic mass is 10.1. The van der Waals surface area contributed by atoms with Crippen molar-refractivity contribution in [2.24, 2.45) is 0 Å². The van der Waals surface area contributed by atoms with Crippen molar-refractivity contribution in [1.29, 1.82) is 0 Å². The minimum Gasteiger partial charge on any atom is -0.449 e. The van der Waals surface area contributed by atoms with E-state index in [1.807, 2.05) is 0 Å². The van der Waals surface area contributed by atoms with Gasteiger partial charge < -0.3 is 10.1 Å². The number of amides is 3. The van der Waals surface area contributed by atoms with Crippen molar-refractivity contribution in [2.75, 3.05) is 10.2 Å². The van der Waals surface area contributed by atoms with E-state index >= 15 is 0 Å². The molecule has 0 bridgehead atoms. The van der Waals surface area contributed by atoms with Crippen molar-refractivity contribution in [1.82, 2.24) is 0 Å². The standard InChI is InChI=1S/C22H20N2O6/c1-13(25)17-8-3-4-9-18(17)23-21(28)14(2)30-22(29)15-6-5-7-16(12-15)24-19(26)10-11-20(24)27/h3-9,12,14H,10-11H2,1-2H3,(H,23,28)/t14-/m1/s1. The summed E-state index contributed by atoms with van der Waals surface area (Å²) in [5.74, 6) is -2.25. The van der Waals surface area contributed by atoms with E-state index < -0.39 is 18.0 Å². The van der Waals surface area contributed by atoms with Gasteiger partial charge in [0, 0.05) is 18.4 Å². The van der Waals surface area contributed by atoms with Gasteiger partial charge in [-0.3, -0.25) is 24.1 Å². The Kier molecular flexibility index (Phi) is 6.06. The van der Waals surface area contributed by atoms with Crippen molar-refractivity contribution in [3.8, 4) is 0 Å². The minimum absolute atomic E-state index is 0.101. The Bertz CT molecular complexity index is 1030. The molecule has 1 fully saturated rings. The number of rotatable bonds is 6. The fourth-order valence-electron chi connectivity index (χ4n) is 3.05. The number of hydrogen-bond acceptors (Lipinski definition) is 6. The normalized spacial score (nSPS) is 14.4. The van der Waals surface area contributed by atoms with Gasteiger partial charge in [-0.05, 0) is 44.2 Å². The molecule has 2 aromatic rings. The smallest absolute Gasteiger partial charge is 0.338 e. The Morgan fingerprint density at radius 1 is 1.00 bits per heavy atom. The van der Waals surface area contributed by atoms with Crippen molar-refractivity contribution >= 4 is 40.8 Å². The van der Waals surface area contributed by atoms with Gasteiger partial charge in [-0.2, -0.15) is 0 Å². The molecule has 0 saturated carbocycles. The van der Waals surface area contributed by atoms with Gasteiger partial charge in [0.2, 0.25) is 11.8 Å². The summed E-state index contributed by atoms with van der Waals surface area (Å²) in [6, 6.07) is 12.4. The third-order valence-corrected chi connectivity index (χ3v) is 4.61. The number of ether oxygens (including phenoxy) is 1. The van der Waals surface area contributed by atoms with Crippen LogP contribution >= 0.6 is 0 Å². The lowest BCUT2D eigenvalue weighted by Gasteiger charge is -2.17. The van der Waals surface area contributed by atoms with Crippen LogP contribution in [0.2, 0.25) is 0 Å². The zero-order valence-electron chi connectivity index (χ0n) is 16.5. The van der Waals surface area contributed by atoms with Gasteiger partial charge in [-0.25, -0.2) is 4.79 Å². The molecule has 1 saturated heterocycles. The van der Waals surface area contributed by atoms with E-state index in [0.29, 0.717) is 11.3 Å². The van der Waals surface area contributed by atoms with Gasteiger partial charge in [0.05, 0.1) is 16.9 Å². The molecule has 1 atom stereocenters. The molecule has 0 radical (unpaired) electrons. The average molecular weight is 408 g/mol. The average Bonchev–Trinajstić information content (AvgIpc) is 3.06. The summed E-state index contributed by atoms with van der Waals surface area (Å²) in [7, 11) is 0. The molecule has 2 aromatic carbocycles. The molecule has 0 unspecified atom stereocenters. The fourth-order valence-corrected chi connectivity index (χ4v) is 3.05. The number of imide groups is 1. The maximum atomic E-state index is 12.5. The molecule has 154 valence electrons. The van der Waals surface area contributed by atoms with Gasteiger partial charge in [-0.15, -0.1) is 0 Å². The first kappa shape index (κ1) is 20.9. The highest BCUT2D eigenvalue weighted by Gasteiger charge is 2.31. The Hall–Kier alpha value is -3.81. The van der Waals surface area contributed by atoms with Crippen LogP contribution in [0.4, 0.5) is 11.4 Å². The highest BCUT2D eigenvalue weighted by atomic mass is 16.5. The minimum atomic E-state index is -1.14. The molecule has 0 aliphatic carbocycles. The Labute approximate surface area is 172 Å². The number of nitrogens with zero attached hydrogens (tertiary/aromatic N) is 1. The molecule has 8 nitrogen and oxygen atoms in total. The van der Waals surface area contributed by atoms with Crippen LogP contribution in [-0.2, 0) is 19.1 Å². The van der Waals surface area contributed by atoms with Crippen LogP contribution in [0, 0.1) is 0 Å². The van der Waals surface area contributed by atoms with E-state index in [4.69, 9.17) is 4.74 Å². The molecule has 0 aromatic heterocycles. The first-order valence-corrected chi connectivity index (χ1v) is 9.35. The third kappa shape index (κ3) is 4.43. The van der Waals surface area contributed by atoms with Crippen LogP contribution in [0.5, 0.6) is 0 Å². The topological polar surface area (TPSA) is 110 Å². The quantitative estimate of drug-likeness (QED) is 0.447. The largest absolute Gasteiger partial charge is 0.449 e. The third-order valence-electron chi connectivity index (χ3n) is 4.61. The molecule has 30 heavy (non-hydrogen) atoms. The lowest BCUT2D eigenvalue weighted by molar-refractivity contribution is -0.124. The number of ketones is 1. The number of carbonyl (C=O) groups is 5. The predicted octanol–water partition coefficient (Wildman–Crippen LogP) is 2.73. The van der Waals surface area contributed by atoms with Crippen molar-refractivity contribution in [2.45, 2.75) is 32.8 Å². The summed E-state index contributed by atoms with van der Waals surface area (Å²) in [6.07, 6.45) is -0.880. The number of benzene rings is 2. The summed E-state index contributed by atoms with van der Waals surface area (Å²) in [5, 5.41) is 2.58. The van der Waals surface area contributed by atoms with Crippen LogP contribution in [0.1, 0.15) is 47.4 Å². The second kappa shape index (κ2) is 8.69. The van der Waals surface area contributed by atoms with Crippen LogP contribution in [0.3, 0.4) is 0 Å². The molecule has 1 aliphatic heterocycles. The molecule has 3 rings (SSSR count). The second-order valence-corrected chi connectivity index (χ2v) is 6.81. The molecule has 8 heteroatoms. The first-order chi connectivity index (χ1) is 14.3. The molecule has 1 N–H and O–H groups in total. The highest BCUT2D eigenvalue weighted by Crippen LogP contribution is 2.24. The van der Waals surface area contributed by atoms with E-state index in [1.54, 1.807) is 30.3 Å². The summed E-state index contributed by atoms with van der Waals surface area (Å²) in [6.45, 7) is 2.79. The number of esters is 1. The van der Waals surface area contributed by atoms with Gasteiger partial charge in [-0.1, -0.05) is 18.2 Å². The van der Waals surface area contributed by atoms with Gasteiger partial charge in [0.15, 0.2) is 11.9 Å². The SMILES string of the molecule is CC(=O)c1ccccc1NC(=O)[C@@H](C)OC(=O)c1cccc(N2C(=O)CCC2=O)c1. The van der Waals surface area contributed by atoms with Gasteiger partial charge in [0.1, 0.15) is 0 Å². The Morgan fingerprint density at radius 2 is 1.67 bits per heavy atom. The van der Waals surface area contributed by atoms with Crippen molar-refractivity contribution < 1.29 is 28.7 Å². The van der Waals surface area contributed by atoms with Crippen LogP contribution in [0.25, 0.3) is 0 Å². The zero-order valence-corrected chi connectivity index (χ0v) is 16.5. The number of hydrogen-bond donors (Lipinski definition) is 1. The summed E-state index contributed by atoms with van der Waals surface area (Å²) < 4.78 is 5.22. The predicted molar refractivity (Wildman–Crippen MR) is 108 cm³/mol.